The number of nitrogens with zero attached hydrogens (tertiary/aromatic N) is 6. The Morgan fingerprint density at radius 2 is 2.06 bits per heavy atom. The Bertz CT molecular complexity index is 1280. The Labute approximate surface area is 188 Å². The number of halogens is 2. The van der Waals surface area contributed by atoms with Gasteiger partial charge in [-0.05, 0) is 18.2 Å². The monoisotopic (exact) mass is 456 g/mol. The van der Waals surface area contributed by atoms with E-state index in [2.05, 4.69) is 15.0 Å². The smallest absolute Gasteiger partial charge is 0.263 e. The predicted octanol–water partition coefficient (Wildman–Crippen LogP) is 2.54. The second-order valence-electron chi connectivity index (χ2n) is 8.13. The maximum Gasteiger partial charge on any atom is 0.263 e. The van der Waals surface area contributed by atoms with Crippen LogP contribution in [0.4, 0.5) is 10.2 Å². The highest BCUT2D eigenvalue weighted by atomic mass is 35.5. The van der Waals surface area contributed by atoms with Crippen molar-refractivity contribution in [3.05, 3.63) is 51.8 Å². The average Bonchev–Trinajstić information content (AvgIpc) is 3.22. The number of hydrogen-bond acceptors (Lipinski definition) is 7. The van der Waals surface area contributed by atoms with Gasteiger partial charge in [-0.25, -0.2) is 14.4 Å². The van der Waals surface area contributed by atoms with Gasteiger partial charge in [0, 0.05) is 62.5 Å². The molecule has 5 rings (SSSR count). The third kappa shape index (κ3) is 3.71. The average molecular weight is 457 g/mol. The van der Waals surface area contributed by atoms with Gasteiger partial charge in [-0.2, -0.15) is 5.10 Å². The van der Waals surface area contributed by atoms with Crippen LogP contribution in [-0.4, -0.2) is 65.2 Å². The maximum atomic E-state index is 14.9. The van der Waals surface area contributed by atoms with Crippen LogP contribution >= 0.6 is 11.6 Å². The van der Waals surface area contributed by atoms with Gasteiger partial charge in [-0.15, -0.1) is 0 Å². The summed E-state index contributed by atoms with van der Waals surface area (Å²) in [6.07, 6.45) is 3.34. The molecule has 0 aliphatic carbocycles. The maximum absolute atomic E-state index is 14.9. The lowest BCUT2D eigenvalue weighted by atomic mass is 10.0. The number of benzene rings is 1. The van der Waals surface area contributed by atoms with Crippen molar-refractivity contribution in [2.75, 3.05) is 38.2 Å². The van der Waals surface area contributed by atoms with Gasteiger partial charge >= 0.3 is 0 Å². The fourth-order valence-electron chi connectivity index (χ4n) is 4.20. The first kappa shape index (κ1) is 20.8. The lowest BCUT2D eigenvalue weighted by molar-refractivity contribution is 0.0175. The summed E-state index contributed by atoms with van der Waals surface area (Å²) in [4.78, 5) is 24.2. The second kappa shape index (κ2) is 8.14. The highest BCUT2D eigenvalue weighted by Crippen LogP contribution is 2.31. The molecule has 1 unspecified atom stereocenters. The Kier molecular flexibility index (Phi) is 5.30. The van der Waals surface area contributed by atoms with Crippen LogP contribution in [0.2, 0.25) is 5.02 Å². The van der Waals surface area contributed by atoms with Gasteiger partial charge in [0.25, 0.3) is 5.56 Å². The van der Waals surface area contributed by atoms with Gasteiger partial charge in [-0.1, -0.05) is 11.6 Å². The lowest BCUT2D eigenvalue weighted by Crippen LogP contribution is -2.47. The van der Waals surface area contributed by atoms with E-state index in [0.717, 1.165) is 6.54 Å². The number of hydrazone groups is 1. The van der Waals surface area contributed by atoms with Crippen molar-refractivity contribution in [1.29, 1.82) is 0 Å². The fourth-order valence-corrected chi connectivity index (χ4v) is 4.36. The number of rotatable bonds is 3. The van der Waals surface area contributed by atoms with E-state index >= 15 is 0 Å². The third-order valence-electron chi connectivity index (χ3n) is 5.90. The predicted molar refractivity (Wildman–Crippen MR) is 122 cm³/mol. The Hall–Kier alpha value is -3.04. The van der Waals surface area contributed by atoms with Crippen molar-refractivity contribution in [1.82, 2.24) is 19.5 Å². The first-order valence-corrected chi connectivity index (χ1v) is 10.7. The highest BCUT2D eigenvalue weighted by molar-refractivity contribution is 6.30. The minimum absolute atomic E-state index is 0.0396. The van der Waals surface area contributed by atoms with E-state index in [9.17, 15) is 9.18 Å². The van der Waals surface area contributed by atoms with Gasteiger partial charge in [0.1, 0.15) is 11.6 Å². The third-order valence-corrected chi connectivity index (χ3v) is 6.14. The number of pyridine rings is 1. The summed E-state index contributed by atoms with van der Waals surface area (Å²) in [6.45, 7) is 2.56. The molecule has 0 spiro atoms. The molecule has 2 aliphatic rings. The normalized spacial score (nSPS) is 21.0. The van der Waals surface area contributed by atoms with Gasteiger partial charge in [0.2, 0.25) is 0 Å². The van der Waals surface area contributed by atoms with Crippen molar-refractivity contribution in [3.8, 4) is 11.3 Å². The van der Waals surface area contributed by atoms with Crippen molar-refractivity contribution in [3.63, 3.8) is 0 Å². The molecule has 0 bridgehead atoms. The van der Waals surface area contributed by atoms with Crippen molar-refractivity contribution < 1.29 is 9.13 Å². The number of hydrogen-bond donors (Lipinski definition) is 0. The molecule has 166 valence electrons. The second-order valence-corrected chi connectivity index (χ2v) is 8.57. The minimum Gasteiger partial charge on any atom is -0.374 e. The number of aryl methyl sites for hydroxylation is 1. The van der Waals surface area contributed by atoms with Crippen molar-refractivity contribution >= 4 is 34.5 Å². The van der Waals surface area contributed by atoms with Crippen molar-refractivity contribution in [2.24, 2.45) is 18.1 Å². The number of morpholine rings is 1. The number of ether oxygens (including phenoxy) is 1. The standard InChI is InChI=1S/C22H22ClFN6O2/c1-28-12-25-17-8-19(30-5-6-32-18(11-30)13-9-26-29(2)10-13)27-21(20(17)22(28)31)15-4-3-14(23)7-16(15)24/h3-4,7-9,12-13,18H,5-6,10-11H2,1-2H3/t13?,18-/m1/s1. The van der Waals surface area contributed by atoms with E-state index in [1.165, 1.54) is 17.0 Å². The van der Waals surface area contributed by atoms with Crippen LogP contribution in [0.15, 0.2) is 40.5 Å². The van der Waals surface area contributed by atoms with Crippen LogP contribution in [-0.2, 0) is 11.8 Å². The molecule has 1 aromatic carbocycles. The Balaban J connectivity index is 1.61. The molecule has 1 fully saturated rings. The zero-order valence-corrected chi connectivity index (χ0v) is 18.5. The van der Waals surface area contributed by atoms with E-state index < -0.39 is 5.82 Å². The molecule has 10 heteroatoms. The highest BCUT2D eigenvalue weighted by Gasteiger charge is 2.31. The Morgan fingerprint density at radius 3 is 2.81 bits per heavy atom. The van der Waals surface area contributed by atoms with E-state index in [-0.39, 0.29) is 39.2 Å². The van der Waals surface area contributed by atoms with Crippen LogP contribution in [0.1, 0.15) is 0 Å². The molecule has 4 heterocycles. The Morgan fingerprint density at radius 1 is 1.22 bits per heavy atom. The molecule has 8 nitrogen and oxygen atoms in total. The molecule has 3 aromatic rings. The van der Waals surface area contributed by atoms with E-state index in [1.54, 1.807) is 25.2 Å². The van der Waals surface area contributed by atoms with Crippen LogP contribution < -0.4 is 10.5 Å². The molecule has 1 saturated heterocycles. The topological polar surface area (TPSA) is 75.9 Å². The number of aromatic nitrogens is 3. The summed E-state index contributed by atoms with van der Waals surface area (Å²) in [5.74, 6) is 0.264. The molecule has 2 aromatic heterocycles. The van der Waals surface area contributed by atoms with Gasteiger partial charge in [0.15, 0.2) is 0 Å². The molecule has 32 heavy (non-hydrogen) atoms. The number of anilines is 1. The zero-order chi connectivity index (χ0) is 22.4. The molecular weight excluding hydrogens is 435 g/mol. The summed E-state index contributed by atoms with van der Waals surface area (Å²) in [5, 5.41) is 6.75. The number of fused-ring (bicyclic) bond motifs is 1. The molecule has 0 saturated carbocycles. The summed E-state index contributed by atoms with van der Waals surface area (Å²) in [6, 6.07) is 6.13. The molecule has 0 radical (unpaired) electrons. The van der Waals surface area contributed by atoms with E-state index in [4.69, 9.17) is 21.3 Å². The quantitative estimate of drug-likeness (QED) is 0.603. The first-order valence-electron chi connectivity index (χ1n) is 10.3. The van der Waals surface area contributed by atoms with Gasteiger partial charge in [-0.3, -0.25) is 9.80 Å². The largest absolute Gasteiger partial charge is 0.374 e. The molecule has 2 aliphatic heterocycles. The van der Waals surface area contributed by atoms with Crippen LogP contribution in [0.25, 0.3) is 22.2 Å². The summed E-state index contributed by atoms with van der Waals surface area (Å²) < 4.78 is 22.2. The van der Waals surface area contributed by atoms with Crippen molar-refractivity contribution in [2.45, 2.75) is 6.10 Å². The van der Waals surface area contributed by atoms with Gasteiger partial charge in [0.05, 0.1) is 35.6 Å². The lowest BCUT2D eigenvalue weighted by Gasteiger charge is -2.36. The van der Waals surface area contributed by atoms with Crippen LogP contribution in [0, 0.1) is 11.7 Å². The van der Waals surface area contributed by atoms with Crippen LogP contribution in [0.5, 0.6) is 0 Å². The first-order chi connectivity index (χ1) is 15.4. The molecule has 2 atom stereocenters. The van der Waals surface area contributed by atoms with E-state index in [1.807, 2.05) is 18.3 Å². The summed E-state index contributed by atoms with van der Waals surface area (Å²) in [7, 11) is 3.54. The zero-order valence-electron chi connectivity index (χ0n) is 17.7. The molecule has 0 N–H and O–H groups in total. The minimum atomic E-state index is -0.542. The summed E-state index contributed by atoms with van der Waals surface area (Å²) >= 11 is 5.95. The van der Waals surface area contributed by atoms with Crippen LogP contribution in [0.3, 0.4) is 0 Å². The van der Waals surface area contributed by atoms with E-state index in [0.29, 0.717) is 31.0 Å². The SMILES string of the molecule is CN1CC([C@H]2CN(c3cc4ncn(C)c(=O)c4c(-c4ccc(Cl)cc4F)n3)CCO2)C=N1. The van der Waals surface area contributed by atoms with Gasteiger partial charge < -0.3 is 14.2 Å². The fraction of sp³-hybridized carbons (Fsp3) is 0.364. The molecular formula is C22H22ClFN6O2. The summed E-state index contributed by atoms with van der Waals surface area (Å²) in [5.41, 5.74) is 0.641. The molecule has 0 amide bonds.